The molecule has 1 heterocycles. The Morgan fingerprint density at radius 3 is 2.65 bits per heavy atom. The average molecular weight is 279 g/mol. The Morgan fingerprint density at radius 1 is 1.30 bits per heavy atom. The lowest BCUT2D eigenvalue weighted by molar-refractivity contribution is 0.0940. The third-order valence-corrected chi connectivity index (χ3v) is 3.74. The molecule has 0 radical (unpaired) electrons. The average Bonchev–Trinajstić information content (AvgIpc) is 2.41. The smallest absolute Gasteiger partial charge is 0.251 e. The molecular formula is C15H22FN3O. The van der Waals surface area contributed by atoms with E-state index >= 15 is 0 Å². The van der Waals surface area contributed by atoms with Crippen LogP contribution in [-0.4, -0.2) is 62.0 Å². The maximum Gasteiger partial charge on any atom is 0.251 e. The van der Waals surface area contributed by atoms with E-state index in [-0.39, 0.29) is 11.7 Å². The monoisotopic (exact) mass is 279 g/mol. The number of piperazine rings is 1. The first-order valence-electron chi connectivity index (χ1n) is 7.01. The summed E-state index contributed by atoms with van der Waals surface area (Å²) in [7, 11) is 2.12. The lowest BCUT2D eigenvalue weighted by atomic mass is 10.1. The molecule has 5 heteroatoms. The number of rotatable bonds is 4. The fourth-order valence-electron chi connectivity index (χ4n) is 2.38. The quantitative estimate of drug-likeness (QED) is 0.897. The van der Waals surface area contributed by atoms with Crippen LogP contribution in [0.3, 0.4) is 0 Å². The molecule has 1 N–H and O–H groups in total. The third-order valence-electron chi connectivity index (χ3n) is 3.74. The largest absolute Gasteiger partial charge is 0.351 e. The number of likely N-dealkylation sites (N-methyl/N-ethyl adjacent to an activating group) is 1. The second kappa shape index (κ2) is 6.81. The number of hydrogen-bond acceptors (Lipinski definition) is 3. The highest BCUT2D eigenvalue weighted by Gasteiger charge is 2.14. The van der Waals surface area contributed by atoms with Crippen molar-refractivity contribution < 1.29 is 9.18 Å². The van der Waals surface area contributed by atoms with Gasteiger partial charge < -0.3 is 10.2 Å². The summed E-state index contributed by atoms with van der Waals surface area (Å²) in [4.78, 5) is 16.7. The minimum atomic E-state index is -0.309. The summed E-state index contributed by atoms with van der Waals surface area (Å²) < 4.78 is 13.0. The van der Waals surface area contributed by atoms with E-state index in [2.05, 4.69) is 22.2 Å². The van der Waals surface area contributed by atoms with Gasteiger partial charge in [0.2, 0.25) is 0 Å². The molecule has 1 saturated heterocycles. The number of halogens is 1. The number of nitrogens with one attached hydrogen (secondary N) is 1. The van der Waals surface area contributed by atoms with Gasteiger partial charge in [-0.3, -0.25) is 9.69 Å². The molecule has 0 saturated carbocycles. The van der Waals surface area contributed by atoms with Gasteiger partial charge in [0, 0.05) is 44.8 Å². The van der Waals surface area contributed by atoms with Crippen molar-refractivity contribution in [2.75, 3.05) is 46.3 Å². The Balaban J connectivity index is 1.77. The van der Waals surface area contributed by atoms with Gasteiger partial charge in [0.25, 0.3) is 5.91 Å². The zero-order valence-electron chi connectivity index (χ0n) is 12.2. The minimum Gasteiger partial charge on any atom is -0.351 e. The van der Waals surface area contributed by atoms with Gasteiger partial charge in [-0.05, 0) is 37.7 Å². The molecule has 1 aliphatic rings. The second-order valence-corrected chi connectivity index (χ2v) is 5.36. The van der Waals surface area contributed by atoms with Crippen LogP contribution in [0.4, 0.5) is 4.39 Å². The predicted molar refractivity (Wildman–Crippen MR) is 77.4 cm³/mol. The summed E-state index contributed by atoms with van der Waals surface area (Å²) in [5.74, 6) is -0.437. The SMILES string of the molecule is Cc1cc(F)ccc1C(=O)NCCN1CCN(C)CC1. The molecule has 0 spiro atoms. The Kier molecular flexibility index (Phi) is 5.09. The summed E-state index contributed by atoms with van der Waals surface area (Å²) in [6, 6.07) is 4.24. The standard InChI is InChI=1S/C15H22FN3O/c1-12-11-13(16)3-4-14(12)15(20)17-5-6-19-9-7-18(2)8-10-19/h3-4,11H,5-10H2,1-2H3,(H,17,20). The van der Waals surface area contributed by atoms with E-state index in [1.807, 2.05) is 0 Å². The highest BCUT2D eigenvalue weighted by Crippen LogP contribution is 2.09. The number of carbonyl (C=O) groups excluding carboxylic acids is 1. The maximum absolute atomic E-state index is 13.0. The van der Waals surface area contributed by atoms with E-state index < -0.39 is 0 Å². The lowest BCUT2D eigenvalue weighted by Gasteiger charge is -2.32. The van der Waals surface area contributed by atoms with E-state index in [1.165, 1.54) is 18.2 Å². The van der Waals surface area contributed by atoms with E-state index in [0.717, 1.165) is 32.7 Å². The van der Waals surface area contributed by atoms with Gasteiger partial charge in [0.05, 0.1) is 0 Å². The predicted octanol–water partition coefficient (Wildman–Crippen LogP) is 1.11. The van der Waals surface area contributed by atoms with E-state index in [4.69, 9.17) is 0 Å². The minimum absolute atomic E-state index is 0.128. The van der Waals surface area contributed by atoms with Crippen molar-refractivity contribution >= 4 is 5.91 Å². The van der Waals surface area contributed by atoms with Crippen molar-refractivity contribution in [3.63, 3.8) is 0 Å². The van der Waals surface area contributed by atoms with Gasteiger partial charge in [-0.25, -0.2) is 4.39 Å². The number of carbonyl (C=O) groups is 1. The van der Waals surface area contributed by atoms with E-state index in [1.54, 1.807) is 6.92 Å². The van der Waals surface area contributed by atoms with Crippen LogP contribution < -0.4 is 5.32 Å². The van der Waals surface area contributed by atoms with Crippen LogP contribution in [0.15, 0.2) is 18.2 Å². The fourth-order valence-corrected chi connectivity index (χ4v) is 2.38. The number of hydrogen-bond donors (Lipinski definition) is 1. The summed E-state index contributed by atoms with van der Waals surface area (Å²) in [5, 5.41) is 2.90. The molecular weight excluding hydrogens is 257 g/mol. The molecule has 0 bridgehead atoms. The molecule has 1 aliphatic heterocycles. The molecule has 20 heavy (non-hydrogen) atoms. The summed E-state index contributed by atoms with van der Waals surface area (Å²) in [6.45, 7) is 7.47. The zero-order chi connectivity index (χ0) is 14.5. The van der Waals surface area contributed by atoms with Crippen LogP contribution in [0.2, 0.25) is 0 Å². The van der Waals surface area contributed by atoms with E-state index in [9.17, 15) is 9.18 Å². The molecule has 1 fully saturated rings. The first-order valence-corrected chi connectivity index (χ1v) is 7.01. The van der Waals surface area contributed by atoms with E-state index in [0.29, 0.717) is 17.7 Å². The van der Waals surface area contributed by atoms with Gasteiger partial charge in [-0.1, -0.05) is 0 Å². The topological polar surface area (TPSA) is 35.6 Å². The zero-order valence-corrected chi connectivity index (χ0v) is 12.2. The van der Waals surface area contributed by atoms with Crippen LogP contribution in [0.5, 0.6) is 0 Å². The molecule has 4 nitrogen and oxygen atoms in total. The molecule has 1 aromatic carbocycles. The van der Waals surface area contributed by atoms with Gasteiger partial charge in [0.15, 0.2) is 0 Å². The van der Waals surface area contributed by atoms with Crippen molar-refractivity contribution in [2.45, 2.75) is 6.92 Å². The van der Waals surface area contributed by atoms with Crippen molar-refractivity contribution in [3.8, 4) is 0 Å². The lowest BCUT2D eigenvalue weighted by Crippen LogP contribution is -2.46. The van der Waals surface area contributed by atoms with Crippen molar-refractivity contribution in [1.82, 2.24) is 15.1 Å². The molecule has 0 aromatic heterocycles. The van der Waals surface area contributed by atoms with Crippen LogP contribution in [0, 0.1) is 12.7 Å². The highest BCUT2D eigenvalue weighted by atomic mass is 19.1. The summed E-state index contributed by atoms with van der Waals surface area (Å²) >= 11 is 0. The van der Waals surface area contributed by atoms with Crippen molar-refractivity contribution in [2.24, 2.45) is 0 Å². The molecule has 0 aliphatic carbocycles. The van der Waals surface area contributed by atoms with Gasteiger partial charge in [0.1, 0.15) is 5.82 Å². The van der Waals surface area contributed by atoms with Gasteiger partial charge in [-0.15, -0.1) is 0 Å². The first-order chi connectivity index (χ1) is 9.56. The van der Waals surface area contributed by atoms with Crippen LogP contribution in [0.25, 0.3) is 0 Å². The number of nitrogens with zero attached hydrogens (tertiary/aromatic N) is 2. The highest BCUT2D eigenvalue weighted by molar-refractivity contribution is 5.95. The first kappa shape index (κ1) is 14.9. The fraction of sp³-hybridized carbons (Fsp3) is 0.533. The Morgan fingerprint density at radius 2 is 2.00 bits per heavy atom. The molecule has 1 aromatic rings. The van der Waals surface area contributed by atoms with Crippen LogP contribution in [-0.2, 0) is 0 Å². The normalized spacial score (nSPS) is 17.1. The molecule has 2 rings (SSSR count). The van der Waals surface area contributed by atoms with Crippen LogP contribution >= 0.6 is 0 Å². The Labute approximate surface area is 119 Å². The van der Waals surface area contributed by atoms with Crippen molar-refractivity contribution in [3.05, 3.63) is 35.1 Å². The number of benzene rings is 1. The molecule has 0 unspecified atom stereocenters. The molecule has 1 amide bonds. The van der Waals surface area contributed by atoms with Gasteiger partial charge >= 0.3 is 0 Å². The summed E-state index contributed by atoms with van der Waals surface area (Å²) in [6.07, 6.45) is 0. The number of aryl methyl sites for hydroxylation is 1. The Hall–Kier alpha value is -1.46. The third kappa shape index (κ3) is 4.02. The summed E-state index contributed by atoms with van der Waals surface area (Å²) in [5.41, 5.74) is 1.21. The van der Waals surface area contributed by atoms with Gasteiger partial charge in [-0.2, -0.15) is 0 Å². The van der Waals surface area contributed by atoms with Crippen LogP contribution in [0.1, 0.15) is 15.9 Å². The number of amides is 1. The molecule has 110 valence electrons. The second-order valence-electron chi connectivity index (χ2n) is 5.36. The Bertz CT molecular complexity index is 470. The molecule has 0 atom stereocenters. The maximum atomic E-state index is 13.0. The van der Waals surface area contributed by atoms with Crippen molar-refractivity contribution in [1.29, 1.82) is 0 Å².